The number of aliphatic carboxylic acids is 1. The average Bonchev–Trinajstić information content (AvgIpc) is 2.61. The van der Waals surface area contributed by atoms with Crippen molar-refractivity contribution in [2.75, 3.05) is 7.11 Å². The van der Waals surface area contributed by atoms with Crippen molar-refractivity contribution in [1.29, 1.82) is 0 Å². The number of carboxylic acids is 1. The molecule has 0 bridgehead atoms. The molecule has 2 rings (SSSR count). The van der Waals surface area contributed by atoms with Gasteiger partial charge in [-0.2, -0.15) is 0 Å². The number of methoxy groups -OCH3 is 1. The largest absolute Gasteiger partial charge is 0.496 e. The maximum atomic E-state index is 12.2. The van der Waals surface area contributed by atoms with E-state index < -0.39 is 12.1 Å². The summed E-state index contributed by atoms with van der Waals surface area (Å²) >= 11 is 0. The van der Waals surface area contributed by atoms with Crippen LogP contribution in [0.1, 0.15) is 18.1 Å². The third-order valence-electron chi connectivity index (χ3n) is 3.61. The number of hydrogen-bond donors (Lipinski definition) is 2. The molecule has 6 nitrogen and oxygen atoms in total. The molecule has 6 heteroatoms. The maximum Gasteiger partial charge on any atom is 0.307 e. The molecule has 0 aromatic heterocycles. The van der Waals surface area contributed by atoms with Crippen molar-refractivity contribution in [3.63, 3.8) is 0 Å². The Bertz CT molecular complexity index is 727. The zero-order chi connectivity index (χ0) is 18.2. The Labute approximate surface area is 146 Å². The van der Waals surface area contributed by atoms with Gasteiger partial charge in [0.05, 0.1) is 13.5 Å². The van der Waals surface area contributed by atoms with Gasteiger partial charge in [-0.25, -0.2) is 0 Å². The molecule has 2 aromatic carbocycles. The number of nitrogens with one attached hydrogen (secondary N) is 1. The molecule has 2 N–H and O–H groups in total. The topological polar surface area (TPSA) is 84.9 Å². The van der Waals surface area contributed by atoms with Gasteiger partial charge in [-0.1, -0.05) is 30.3 Å². The number of benzene rings is 2. The first kappa shape index (κ1) is 18.3. The van der Waals surface area contributed by atoms with Crippen LogP contribution >= 0.6 is 0 Å². The molecule has 132 valence electrons. The molecule has 1 atom stereocenters. The molecule has 1 unspecified atom stereocenters. The van der Waals surface area contributed by atoms with Crippen LogP contribution in [0.25, 0.3) is 0 Å². The predicted octanol–water partition coefficient (Wildman–Crippen LogP) is 2.41. The number of ether oxygens (including phenoxy) is 2. The first-order valence-corrected chi connectivity index (χ1v) is 7.86. The van der Waals surface area contributed by atoms with E-state index in [4.69, 9.17) is 14.6 Å². The van der Waals surface area contributed by atoms with Gasteiger partial charge in [0.1, 0.15) is 11.5 Å². The molecule has 2 aromatic rings. The number of amides is 1. The van der Waals surface area contributed by atoms with E-state index in [1.54, 1.807) is 38.3 Å². The summed E-state index contributed by atoms with van der Waals surface area (Å²) in [7, 11) is 1.58. The number of carbonyl (C=O) groups excluding carboxylic acids is 1. The zero-order valence-electron chi connectivity index (χ0n) is 14.2. The Morgan fingerprint density at radius 2 is 1.80 bits per heavy atom. The van der Waals surface area contributed by atoms with Gasteiger partial charge in [-0.05, 0) is 30.7 Å². The van der Waals surface area contributed by atoms with Crippen molar-refractivity contribution in [2.24, 2.45) is 0 Å². The summed E-state index contributed by atoms with van der Waals surface area (Å²) in [6.45, 7) is 2.00. The summed E-state index contributed by atoms with van der Waals surface area (Å²) in [5.41, 5.74) is 1.55. The van der Waals surface area contributed by atoms with Crippen molar-refractivity contribution < 1.29 is 24.2 Å². The van der Waals surface area contributed by atoms with E-state index in [9.17, 15) is 9.59 Å². The Morgan fingerprint density at radius 3 is 2.44 bits per heavy atom. The van der Waals surface area contributed by atoms with Gasteiger partial charge in [0.25, 0.3) is 5.91 Å². The van der Waals surface area contributed by atoms with Crippen molar-refractivity contribution in [3.8, 4) is 11.5 Å². The molecule has 0 fully saturated rings. The van der Waals surface area contributed by atoms with E-state index in [1.807, 2.05) is 24.3 Å². The summed E-state index contributed by atoms with van der Waals surface area (Å²) in [4.78, 5) is 22.8. The first-order valence-electron chi connectivity index (χ1n) is 7.86. The molecule has 0 aliphatic rings. The standard InChI is InChI=1S/C19H21NO5/c1-13(25-16-9-7-14(8-10-16)11-18(21)22)19(23)20-12-15-5-3-4-6-17(15)24-2/h3-10,13H,11-12H2,1-2H3,(H,20,23)(H,21,22). The minimum absolute atomic E-state index is 0.0464. The second-order valence-corrected chi connectivity index (χ2v) is 5.50. The number of hydrogen-bond acceptors (Lipinski definition) is 4. The van der Waals surface area contributed by atoms with Crippen LogP contribution in [0.3, 0.4) is 0 Å². The lowest BCUT2D eigenvalue weighted by molar-refractivity contribution is -0.136. The van der Waals surface area contributed by atoms with Crippen molar-refractivity contribution in [3.05, 3.63) is 59.7 Å². The predicted molar refractivity (Wildman–Crippen MR) is 92.7 cm³/mol. The normalized spacial score (nSPS) is 11.4. The molecular weight excluding hydrogens is 322 g/mol. The van der Waals surface area contributed by atoms with Gasteiger partial charge in [0.2, 0.25) is 0 Å². The molecule has 0 radical (unpaired) electrons. The number of para-hydroxylation sites is 1. The van der Waals surface area contributed by atoms with Crippen molar-refractivity contribution in [2.45, 2.75) is 26.0 Å². The number of rotatable bonds is 8. The minimum Gasteiger partial charge on any atom is -0.496 e. The molecule has 0 saturated carbocycles. The molecule has 0 spiro atoms. The van der Waals surface area contributed by atoms with Gasteiger partial charge in [-0.3, -0.25) is 9.59 Å². The summed E-state index contributed by atoms with van der Waals surface area (Å²) in [6, 6.07) is 14.1. The highest BCUT2D eigenvalue weighted by Crippen LogP contribution is 2.17. The lowest BCUT2D eigenvalue weighted by atomic mass is 10.1. The van der Waals surface area contributed by atoms with Gasteiger partial charge < -0.3 is 19.9 Å². The summed E-state index contributed by atoms with van der Waals surface area (Å²) in [5.74, 6) is 0.0812. The second-order valence-electron chi connectivity index (χ2n) is 5.50. The van der Waals surface area contributed by atoms with Crippen LogP contribution in [0.15, 0.2) is 48.5 Å². The molecule has 0 heterocycles. The van der Waals surface area contributed by atoms with Crippen LogP contribution in [0.2, 0.25) is 0 Å². The third-order valence-corrected chi connectivity index (χ3v) is 3.61. The van der Waals surface area contributed by atoms with Crippen LogP contribution in [0.5, 0.6) is 11.5 Å². The Kier molecular flexibility index (Phi) is 6.39. The maximum absolute atomic E-state index is 12.2. The number of carboxylic acid groups (broad SMARTS) is 1. The first-order chi connectivity index (χ1) is 12.0. The summed E-state index contributed by atoms with van der Waals surface area (Å²) in [5, 5.41) is 11.6. The van der Waals surface area contributed by atoms with Crippen LogP contribution in [0, 0.1) is 0 Å². The highest BCUT2D eigenvalue weighted by molar-refractivity contribution is 5.80. The summed E-state index contributed by atoms with van der Waals surface area (Å²) < 4.78 is 10.8. The van der Waals surface area contributed by atoms with Crippen LogP contribution < -0.4 is 14.8 Å². The Morgan fingerprint density at radius 1 is 1.12 bits per heavy atom. The molecular formula is C19H21NO5. The van der Waals surface area contributed by atoms with Crippen molar-refractivity contribution >= 4 is 11.9 Å². The van der Waals surface area contributed by atoms with Gasteiger partial charge in [0, 0.05) is 12.1 Å². The van der Waals surface area contributed by atoms with Gasteiger partial charge >= 0.3 is 5.97 Å². The molecule has 1 amide bonds. The van der Waals surface area contributed by atoms with E-state index in [0.717, 1.165) is 5.56 Å². The molecule has 25 heavy (non-hydrogen) atoms. The van der Waals surface area contributed by atoms with E-state index in [0.29, 0.717) is 23.6 Å². The minimum atomic E-state index is -0.891. The third kappa shape index (κ3) is 5.53. The van der Waals surface area contributed by atoms with Crippen LogP contribution in [-0.2, 0) is 22.6 Å². The monoisotopic (exact) mass is 343 g/mol. The Hall–Kier alpha value is -3.02. The lowest BCUT2D eigenvalue weighted by Crippen LogP contribution is -2.35. The van der Waals surface area contributed by atoms with E-state index in [1.165, 1.54) is 0 Å². The van der Waals surface area contributed by atoms with E-state index >= 15 is 0 Å². The highest BCUT2D eigenvalue weighted by atomic mass is 16.5. The zero-order valence-corrected chi connectivity index (χ0v) is 14.2. The molecule has 0 saturated heterocycles. The summed E-state index contributed by atoms with van der Waals surface area (Å²) in [6.07, 6.45) is -0.727. The second kappa shape index (κ2) is 8.73. The fraction of sp³-hybridized carbons (Fsp3) is 0.263. The highest BCUT2D eigenvalue weighted by Gasteiger charge is 2.15. The fourth-order valence-electron chi connectivity index (χ4n) is 2.29. The fourth-order valence-corrected chi connectivity index (χ4v) is 2.29. The van der Waals surface area contributed by atoms with E-state index in [-0.39, 0.29) is 12.3 Å². The van der Waals surface area contributed by atoms with Crippen molar-refractivity contribution in [1.82, 2.24) is 5.32 Å². The van der Waals surface area contributed by atoms with Crippen LogP contribution in [-0.4, -0.2) is 30.2 Å². The quantitative estimate of drug-likeness (QED) is 0.769. The number of carbonyl (C=O) groups is 2. The van der Waals surface area contributed by atoms with Gasteiger partial charge in [0.15, 0.2) is 6.10 Å². The van der Waals surface area contributed by atoms with Crippen LogP contribution in [0.4, 0.5) is 0 Å². The SMILES string of the molecule is COc1ccccc1CNC(=O)C(C)Oc1ccc(CC(=O)O)cc1. The van der Waals surface area contributed by atoms with Gasteiger partial charge in [-0.15, -0.1) is 0 Å². The molecule has 0 aliphatic heterocycles. The average molecular weight is 343 g/mol. The smallest absolute Gasteiger partial charge is 0.307 e. The van der Waals surface area contributed by atoms with E-state index in [2.05, 4.69) is 5.32 Å². The molecule has 0 aliphatic carbocycles. The lowest BCUT2D eigenvalue weighted by Gasteiger charge is -2.16. The Balaban J connectivity index is 1.88.